The number of aromatic nitrogens is 4. The summed E-state index contributed by atoms with van der Waals surface area (Å²) >= 11 is 0. The van der Waals surface area contributed by atoms with Crippen molar-refractivity contribution in [3.8, 4) is 5.75 Å². The van der Waals surface area contributed by atoms with Crippen LogP contribution in [0.3, 0.4) is 0 Å². The van der Waals surface area contributed by atoms with E-state index in [0.29, 0.717) is 0 Å². The largest absolute Gasteiger partial charge is 0.497 e. The van der Waals surface area contributed by atoms with Crippen molar-refractivity contribution in [2.75, 3.05) is 7.11 Å². The first kappa shape index (κ1) is 17.0. The minimum absolute atomic E-state index is 0.0891. The van der Waals surface area contributed by atoms with Crippen LogP contribution >= 0.6 is 0 Å². The molecule has 132 valence electrons. The van der Waals surface area contributed by atoms with Crippen molar-refractivity contribution in [1.29, 1.82) is 0 Å². The average molecular weight is 341 g/mol. The molecule has 0 radical (unpaired) electrons. The zero-order chi connectivity index (χ0) is 18.1. The molecular weight excluding hydrogens is 318 g/mol. The Balaban J connectivity index is 1.75. The minimum Gasteiger partial charge on any atom is -0.497 e. The van der Waals surface area contributed by atoms with Gasteiger partial charge in [0.15, 0.2) is 0 Å². The molecule has 1 aromatic carbocycles. The Morgan fingerprint density at radius 2 is 2.04 bits per heavy atom. The summed E-state index contributed by atoms with van der Waals surface area (Å²) in [7, 11) is 3.50. The van der Waals surface area contributed by atoms with Gasteiger partial charge >= 0.3 is 0 Å². The first-order chi connectivity index (χ1) is 11.9. The van der Waals surface area contributed by atoms with Gasteiger partial charge in [0.1, 0.15) is 22.8 Å². The van der Waals surface area contributed by atoms with Crippen LogP contribution in [0.15, 0.2) is 30.5 Å². The number of carbonyl (C=O) groups is 1. The molecule has 0 aliphatic heterocycles. The van der Waals surface area contributed by atoms with Crippen LogP contribution in [0, 0.1) is 6.92 Å². The number of hydrogen-bond acceptors (Lipinski definition) is 4. The van der Waals surface area contributed by atoms with Crippen LogP contribution in [0.2, 0.25) is 0 Å². The molecule has 0 saturated heterocycles. The van der Waals surface area contributed by atoms with Crippen LogP contribution < -0.4 is 10.1 Å². The lowest BCUT2D eigenvalue weighted by molar-refractivity contribution is -0.124. The molecule has 0 bridgehead atoms. The van der Waals surface area contributed by atoms with E-state index in [9.17, 15) is 4.79 Å². The van der Waals surface area contributed by atoms with Gasteiger partial charge < -0.3 is 10.1 Å². The fourth-order valence-electron chi connectivity index (χ4n) is 2.85. The Bertz CT molecular complexity index is 877. The summed E-state index contributed by atoms with van der Waals surface area (Å²) < 4.78 is 8.70. The lowest BCUT2D eigenvalue weighted by Crippen LogP contribution is -2.33. The summed E-state index contributed by atoms with van der Waals surface area (Å²) in [6.07, 6.45) is 1.86. The number of nitrogens with one attached hydrogen (secondary N) is 1. The van der Waals surface area contributed by atoms with E-state index in [4.69, 9.17) is 4.74 Å². The van der Waals surface area contributed by atoms with Crippen LogP contribution in [0.25, 0.3) is 11.0 Å². The van der Waals surface area contributed by atoms with Crippen molar-refractivity contribution >= 4 is 16.9 Å². The van der Waals surface area contributed by atoms with Gasteiger partial charge in [-0.3, -0.25) is 14.2 Å². The van der Waals surface area contributed by atoms with Gasteiger partial charge in [0.2, 0.25) is 5.91 Å². The van der Waals surface area contributed by atoms with E-state index in [-0.39, 0.29) is 11.9 Å². The van der Waals surface area contributed by atoms with Crippen LogP contribution in [0.4, 0.5) is 0 Å². The molecule has 7 heteroatoms. The second-order valence-electron chi connectivity index (χ2n) is 6.23. The molecule has 0 spiro atoms. The highest BCUT2D eigenvalue weighted by Crippen LogP contribution is 2.21. The molecule has 0 aliphatic carbocycles. The number of rotatable bonds is 5. The van der Waals surface area contributed by atoms with E-state index in [1.807, 2.05) is 58.3 Å². The first-order valence-corrected chi connectivity index (χ1v) is 8.23. The van der Waals surface area contributed by atoms with Gasteiger partial charge in [-0.2, -0.15) is 10.2 Å². The minimum atomic E-state index is -0.417. The molecule has 2 heterocycles. The highest BCUT2D eigenvalue weighted by atomic mass is 16.5. The van der Waals surface area contributed by atoms with Gasteiger partial charge in [0, 0.05) is 7.05 Å². The van der Waals surface area contributed by atoms with E-state index in [1.165, 1.54) is 0 Å². The molecule has 0 saturated carbocycles. The Labute approximate surface area is 146 Å². The van der Waals surface area contributed by atoms with E-state index < -0.39 is 6.04 Å². The van der Waals surface area contributed by atoms with Crippen molar-refractivity contribution < 1.29 is 9.53 Å². The second kappa shape index (κ2) is 6.58. The number of benzene rings is 1. The standard InChI is InChI=1S/C18H23N5O2/c1-11(14-7-6-8-15(9-14)25-5)19-18(24)13(3)23-10-16-17(21-23)12(2)20-22(16)4/h6-11,13H,1-5H3,(H,19,24). The van der Waals surface area contributed by atoms with Crippen LogP contribution in [-0.4, -0.2) is 32.6 Å². The fraction of sp³-hybridized carbons (Fsp3) is 0.389. The number of fused-ring (bicyclic) bond motifs is 1. The van der Waals surface area contributed by atoms with Gasteiger partial charge in [-0.05, 0) is 38.5 Å². The van der Waals surface area contributed by atoms with Crippen LogP contribution in [0.1, 0.15) is 37.2 Å². The molecule has 0 aliphatic rings. The Morgan fingerprint density at radius 3 is 2.72 bits per heavy atom. The summed E-state index contributed by atoms with van der Waals surface area (Å²) in [6.45, 7) is 5.70. The van der Waals surface area contributed by atoms with Crippen LogP contribution in [0.5, 0.6) is 5.75 Å². The highest BCUT2D eigenvalue weighted by Gasteiger charge is 2.21. The normalized spacial score (nSPS) is 13.6. The molecule has 1 amide bonds. The lowest BCUT2D eigenvalue weighted by Gasteiger charge is -2.18. The molecule has 2 aromatic heterocycles. The number of amides is 1. The summed E-state index contributed by atoms with van der Waals surface area (Å²) in [5.41, 5.74) is 3.58. The number of hydrogen-bond donors (Lipinski definition) is 1. The Hall–Kier alpha value is -2.83. The number of methoxy groups -OCH3 is 1. The monoisotopic (exact) mass is 341 g/mol. The van der Waals surface area contributed by atoms with Crippen molar-refractivity contribution in [2.45, 2.75) is 32.9 Å². The third-order valence-corrected chi connectivity index (χ3v) is 4.43. The maximum atomic E-state index is 12.6. The molecule has 7 nitrogen and oxygen atoms in total. The van der Waals surface area contributed by atoms with E-state index in [0.717, 1.165) is 28.0 Å². The molecular formula is C18H23N5O2. The van der Waals surface area contributed by atoms with Gasteiger partial charge in [0.05, 0.1) is 25.0 Å². The second-order valence-corrected chi connectivity index (χ2v) is 6.23. The van der Waals surface area contributed by atoms with Gasteiger partial charge in [-0.25, -0.2) is 0 Å². The van der Waals surface area contributed by atoms with E-state index in [1.54, 1.807) is 16.5 Å². The zero-order valence-corrected chi connectivity index (χ0v) is 15.1. The van der Waals surface area contributed by atoms with Gasteiger partial charge in [-0.15, -0.1) is 0 Å². The predicted molar refractivity (Wildman–Crippen MR) is 95.5 cm³/mol. The van der Waals surface area contributed by atoms with Gasteiger partial charge in [0.25, 0.3) is 0 Å². The number of ether oxygens (including phenoxy) is 1. The molecule has 3 aromatic rings. The maximum Gasteiger partial charge on any atom is 0.245 e. The molecule has 3 rings (SSSR count). The van der Waals surface area contributed by atoms with Crippen molar-refractivity contribution in [1.82, 2.24) is 24.9 Å². The van der Waals surface area contributed by atoms with Crippen molar-refractivity contribution in [3.05, 3.63) is 41.7 Å². The summed E-state index contributed by atoms with van der Waals surface area (Å²) in [5, 5.41) is 11.9. The molecule has 25 heavy (non-hydrogen) atoms. The van der Waals surface area contributed by atoms with Crippen molar-refractivity contribution in [3.63, 3.8) is 0 Å². The van der Waals surface area contributed by atoms with Crippen molar-refractivity contribution in [2.24, 2.45) is 7.05 Å². The highest BCUT2D eigenvalue weighted by molar-refractivity contribution is 5.82. The molecule has 2 unspecified atom stereocenters. The number of aryl methyl sites for hydroxylation is 2. The molecule has 1 N–H and O–H groups in total. The topological polar surface area (TPSA) is 74.0 Å². The zero-order valence-electron chi connectivity index (χ0n) is 15.1. The SMILES string of the molecule is COc1cccc(C(C)NC(=O)C(C)n2cc3c(n2)c(C)nn3C)c1. The Morgan fingerprint density at radius 1 is 1.28 bits per heavy atom. The molecule has 0 fully saturated rings. The lowest BCUT2D eigenvalue weighted by atomic mass is 10.1. The number of nitrogens with zero attached hydrogens (tertiary/aromatic N) is 4. The summed E-state index contributed by atoms with van der Waals surface area (Å²) in [4.78, 5) is 12.6. The predicted octanol–water partition coefficient (Wildman–Crippen LogP) is 2.53. The number of carbonyl (C=O) groups excluding carboxylic acids is 1. The Kier molecular flexibility index (Phi) is 4.48. The third-order valence-electron chi connectivity index (χ3n) is 4.43. The quantitative estimate of drug-likeness (QED) is 0.774. The molecule has 2 atom stereocenters. The summed E-state index contributed by atoms with van der Waals surface area (Å²) in [6, 6.07) is 7.14. The fourth-order valence-corrected chi connectivity index (χ4v) is 2.85. The van der Waals surface area contributed by atoms with Gasteiger partial charge in [-0.1, -0.05) is 12.1 Å². The van der Waals surface area contributed by atoms with E-state index in [2.05, 4.69) is 15.5 Å². The van der Waals surface area contributed by atoms with Crippen LogP contribution in [-0.2, 0) is 11.8 Å². The average Bonchev–Trinajstić information content (AvgIpc) is 3.16. The first-order valence-electron chi connectivity index (χ1n) is 8.23. The van der Waals surface area contributed by atoms with E-state index >= 15 is 0 Å². The maximum absolute atomic E-state index is 12.6. The third kappa shape index (κ3) is 3.22. The smallest absolute Gasteiger partial charge is 0.245 e. The summed E-state index contributed by atoms with van der Waals surface area (Å²) in [5.74, 6) is 0.682.